The van der Waals surface area contributed by atoms with Crippen LogP contribution in [0.5, 0.6) is 0 Å². The van der Waals surface area contributed by atoms with E-state index in [2.05, 4.69) is 134 Å². The second-order valence-electron chi connectivity index (χ2n) is 18.0. The summed E-state index contributed by atoms with van der Waals surface area (Å²) in [5.41, 5.74) is 9.50. The first-order valence-corrected chi connectivity index (χ1v) is 25.7. The summed E-state index contributed by atoms with van der Waals surface area (Å²) in [4.78, 5) is 46.8. The van der Waals surface area contributed by atoms with Crippen molar-refractivity contribution in [3.05, 3.63) is 166 Å². The van der Waals surface area contributed by atoms with Crippen LogP contribution in [0, 0.1) is 0 Å². The quantitative estimate of drug-likeness (QED) is 0.143. The number of anilines is 5. The van der Waals surface area contributed by atoms with Gasteiger partial charge >= 0.3 is 5.97 Å². The van der Waals surface area contributed by atoms with Gasteiger partial charge in [-0.1, -0.05) is 24.3 Å². The van der Waals surface area contributed by atoms with Crippen molar-refractivity contribution in [3.63, 3.8) is 0 Å². The summed E-state index contributed by atoms with van der Waals surface area (Å²) in [6, 6.07) is 22.5. The average Bonchev–Trinajstić information content (AvgIpc) is 3.41. The molecule has 14 nitrogen and oxygen atoms in total. The topological polar surface area (TPSA) is 161 Å². The van der Waals surface area contributed by atoms with E-state index in [0.717, 1.165) is 114 Å². The minimum Gasteiger partial charge on any atom is -0.478 e. The molecule has 3 N–H and O–H groups in total. The molecular formula is C57H67BrN12O2. The fourth-order valence-electron chi connectivity index (χ4n) is 8.96. The van der Waals surface area contributed by atoms with Gasteiger partial charge in [-0.05, 0) is 187 Å². The number of carboxylic acids is 1. The van der Waals surface area contributed by atoms with Gasteiger partial charge < -0.3 is 30.4 Å². The van der Waals surface area contributed by atoms with Gasteiger partial charge in [-0.3, -0.25) is 0 Å². The number of carboxylic acid groups (broad SMARTS) is 1. The van der Waals surface area contributed by atoms with Gasteiger partial charge in [-0.25, -0.2) is 39.7 Å². The normalized spacial score (nSPS) is 14.9. The zero-order chi connectivity index (χ0) is 50.5. The maximum atomic E-state index is 10.3. The van der Waals surface area contributed by atoms with Crippen molar-refractivity contribution in [2.45, 2.75) is 71.1 Å². The first-order chi connectivity index (χ1) is 35.1. The maximum Gasteiger partial charge on any atom is 0.328 e. The summed E-state index contributed by atoms with van der Waals surface area (Å²) < 4.78 is 1.08. The van der Waals surface area contributed by atoms with Crippen LogP contribution >= 0.6 is 15.9 Å². The lowest BCUT2D eigenvalue weighted by molar-refractivity contribution is -0.131. The highest BCUT2D eigenvalue weighted by molar-refractivity contribution is 9.10. The Kier molecular flexibility index (Phi) is 20.0. The fourth-order valence-corrected chi connectivity index (χ4v) is 9.34. The van der Waals surface area contributed by atoms with Crippen LogP contribution in [0.4, 0.5) is 29.1 Å². The van der Waals surface area contributed by atoms with E-state index in [-0.39, 0.29) is 0 Å². The van der Waals surface area contributed by atoms with E-state index >= 15 is 0 Å². The highest BCUT2D eigenvalue weighted by Gasteiger charge is 2.16. The zero-order valence-electron chi connectivity index (χ0n) is 42.0. The van der Waals surface area contributed by atoms with Gasteiger partial charge in [0.2, 0.25) is 0 Å². The van der Waals surface area contributed by atoms with Gasteiger partial charge in [-0.15, -0.1) is 0 Å². The Hall–Kier alpha value is -7.26. The number of aryl methyl sites for hydroxylation is 5. The molecule has 0 saturated heterocycles. The third-order valence-corrected chi connectivity index (χ3v) is 12.9. The summed E-state index contributed by atoms with van der Waals surface area (Å²) in [5, 5.41) is 16.0. The second kappa shape index (κ2) is 27.4. The van der Waals surface area contributed by atoms with E-state index in [1.54, 1.807) is 24.7 Å². The third kappa shape index (κ3) is 15.6. The number of fused-ring (bicyclic) bond motifs is 6. The number of allylic oxidation sites excluding steroid dienone is 1. The van der Waals surface area contributed by atoms with Crippen LogP contribution in [0.3, 0.4) is 0 Å². The van der Waals surface area contributed by atoms with E-state index in [1.807, 2.05) is 74.2 Å². The second-order valence-corrected chi connectivity index (χ2v) is 18.9. The van der Waals surface area contributed by atoms with Gasteiger partial charge in [0.05, 0.1) is 0 Å². The van der Waals surface area contributed by atoms with Gasteiger partial charge in [-0.2, -0.15) is 0 Å². The number of aliphatic carboxylic acids is 1. The molecule has 0 saturated carbocycles. The van der Waals surface area contributed by atoms with E-state index in [9.17, 15) is 4.79 Å². The van der Waals surface area contributed by atoms with Gasteiger partial charge in [0.25, 0.3) is 0 Å². The molecule has 5 aliphatic heterocycles. The molecule has 374 valence electrons. The molecule has 5 aliphatic rings. The number of hydrogen-bond acceptors (Lipinski definition) is 13. The Labute approximate surface area is 433 Å². The Morgan fingerprint density at radius 3 is 1.65 bits per heavy atom. The molecule has 12 rings (SSSR count). The van der Waals surface area contributed by atoms with Crippen LogP contribution in [0.25, 0.3) is 23.2 Å². The third-order valence-electron chi connectivity index (χ3n) is 12.5. The lowest BCUT2D eigenvalue weighted by atomic mass is 10.0. The molecule has 12 heterocycles. The van der Waals surface area contributed by atoms with Crippen molar-refractivity contribution < 1.29 is 9.90 Å². The molecule has 0 spiro atoms. The largest absolute Gasteiger partial charge is 0.478 e. The molecule has 0 amide bonds. The first kappa shape index (κ1) is 52.6. The van der Waals surface area contributed by atoms with E-state index in [1.165, 1.54) is 72.2 Å². The molecule has 0 aliphatic carbocycles. The van der Waals surface area contributed by atoms with Crippen molar-refractivity contribution in [1.82, 2.24) is 34.9 Å². The van der Waals surface area contributed by atoms with Crippen LogP contribution in [-0.2, 0) is 36.9 Å². The number of hydrogen-bond donors (Lipinski definition) is 3. The highest BCUT2D eigenvalue weighted by Crippen LogP contribution is 2.27. The van der Waals surface area contributed by atoms with Crippen LogP contribution in [0.2, 0.25) is 0 Å². The number of rotatable bonds is 3. The summed E-state index contributed by atoms with van der Waals surface area (Å²) in [7, 11) is 6.31. The molecule has 0 radical (unpaired) electrons. The summed E-state index contributed by atoms with van der Waals surface area (Å²) in [5.74, 6) is 4.53. The monoisotopic (exact) mass is 1030 g/mol. The smallest absolute Gasteiger partial charge is 0.328 e. The van der Waals surface area contributed by atoms with E-state index < -0.39 is 5.97 Å². The van der Waals surface area contributed by atoms with Crippen molar-refractivity contribution in [1.29, 1.82) is 0 Å². The number of carbonyl (C=O) groups is 1. The SMILES string of the molecule is C/C=C/c1cnc2c(c1)CCCN2C.CN1CCCc2cc(Br)cnc21.CN1CCCc2cccnc21.O=C(O)/C=C/c1cnc2c(c1)CCCN2.c1cnc2c(c1)CCCN2.c1cnc2ncccc2c1. The molecule has 0 atom stereocenters. The Morgan fingerprint density at radius 1 is 0.556 bits per heavy atom. The maximum absolute atomic E-state index is 10.3. The molecular weight excluding hydrogens is 965 g/mol. The van der Waals surface area contributed by atoms with Crippen LogP contribution in [0.15, 0.2) is 127 Å². The minimum absolute atomic E-state index is 0.810. The molecule has 72 heavy (non-hydrogen) atoms. The number of pyridine rings is 7. The van der Waals surface area contributed by atoms with Gasteiger partial charge in [0.15, 0.2) is 5.65 Å². The van der Waals surface area contributed by atoms with Crippen molar-refractivity contribution in [2.75, 3.05) is 79.2 Å². The van der Waals surface area contributed by atoms with Crippen LogP contribution in [-0.4, -0.2) is 99.8 Å². The Bertz CT molecular complexity index is 2820. The average molecular weight is 1030 g/mol. The lowest BCUT2D eigenvalue weighted by Gasteiger charge is -2.26. The predicted molar refractivity (Wildman–Crippen MR) is 298 cm³/mol. The first-order valence-electron chi connectivity index (χ1n) is 25.0. The van der Waals surface area contributed by atoms with Crippen molar-refractivity contribution in [3.8, 4) is 0 Å². The lowest BCUT2D eigenvalue weighted by Crippen LogP contribution is -2.25. The summed E-state index contributed by atoms with van der Waals surface area (Å²) >= 11 is 3.43. The Morgan fingerprint density at radius 2 is 1.04 bits per heavy atom. The van der Waals surface area contributed by atoms with Crippen molar-refractivity contribution >= 4 is 74.2 Å². The predicted octanol–water partition coefficient (Wildman–Crippen LogP) is 10.8. The zero-order valence-corrected chi connectivity index (χ0v) is 43.6. The number of nitrogens with one attached hydrogen (secondary N) is 2. The standard InChI is InChI=1S/C12H16N2.C11H12N2O2.C9H11BrN2.C9H12N2.C8H10N2.C8H6N2/c1-3-5-10-8-11-6-4-7-14(2)12(11)13-9-10;14-10(15)4-3-8-6-9-2-1-5-12-11(9)13-7-8;1-12-4-2-3-7-5-8(10)6-11-9(7)12;1-11-7-3-5-8-4-2-6-10-9(8)11;2*1-3-7-4-2-6-10-8(7)9-5-1/h3,5,8-9H,4,6-7H2,1-2H3;3-4,6-7H,1-2,5H2,(H,12,13)(H,14,15);5-6H,2-4H2,1H3;2,4,6H,3,5,7H2,1H3;1,3,5H,2,4,6H2,(H,9,10);1-6H/b5-3+;4-3+;;;;. The minimum atomic E-state index is -0.939. The van der Waals surface area contributed by atoms with Gasteiger partial charge in [0.1, 0.15) is 29.1 Å². The van der Waals surface area contributed by atoms with Crippen LogP contribution in [0.1, 0.15) is 78.0 Å². The molecule has 7 aromatic heterocycles. The summed E-state index contributed by atoms with van der Waals surface area (Å²) in [6.07, 6.45) is 31.3. The van der Waals surface area contributed by atoms with Crippen molar-refractivity contribution in [2.24, 2.45) is 0 Å². The molecule has 15 heteroatoms. The van der Waals surface area contributed by atoms with E-state index in [0.29, 0.717) is 0 Å². The molecule has 0 bridgehead atoms. The molecule has 0 aromatic carbocycles. The molecule has 7 aromatic rings. The fraction of sp³-hybridized carbons (Fsp3) is 0.333. The van der Waals surface area contributed by atoms with Crippen LogP contribution < -0.4 is 25.3 Å². The number of aromatic nitrogens is 7. The molecule has 0 unspecified atom stereocenters. The van der Waals surface area contributed by atoms with Gasteiger partial charge in [0, 0.05) is 113 Å². The number of nitrogens with zero attached hydrogens (tertiary/aromatic N) is 10. The highest BCUT2D eigenvalue weighted by atomic mass is 79.9. The number of halogens is 1. The molecule has 0 fully saturated rings. The van der Waals surface area contributed by atoms with E-state index in [4.69, 9.17) is 5.11 Å². The Balaban J connectivity index is 0.000000127. The summed E-state index contributed by atoms with van der Waals surface area (Å²) in [6.45, 7) is 7.47.